The standard InChI is InChI=1S/C21H21N3O5/c1-14-7-3-4-8-15(14)11-21(26)28-13-20-23-18(24-29-20)12-19(25)22-16-9-5-6-10-17(16)27-2/h3-10H,11-13H2,1-2H3,(H,22,25). The number of para-hydroxylation sites is 2. The molecule has 0 aliphatic heterocycles. The first-order valence-corrected chi connectivity index (χ1v) is 8.99. The molecule has 1 N–H and O–H groups in total. The molecule has 2 aromatic carbocycles. The van der Waals surface area contributed by atoms with E-state index >= 15 is 0 Å². The molecule has 0 saturated carbocycles. The normalized spacial score (nSPS) is 10.4. The highest BCUT2D eigenvalue weighted by molar-refractivity contribution is 5.93. The third-order valence-corrected chi connectivity index (χ3v) is 4.16. The van der Waals surface area contributed by atoms with Gasteiger partial charge in [-0.25, -0.2) is 0 Å². The van der Waals surface area contributed by atoms with Gasteiger partial charge in [0.05, 0.1) is 25.6 Å². The van der Waals surface area contributed by atoms with Crippen molar-refractivity contribution in [2.45, 2.75) is 26.4 Å². The maximum absolute atomic E-state index is 12.2. The number of nitrogens with one attached hydrogen (secondary N) is 1. The summed E-state index contributed by atoms with van der Waals surface area (Å²) in [5.41, 5.74) is 2.47. The molecule has 8 nitrogen and oxygen atoms in total. The first-order chi connectivity index (χ1) is 14.0. The first-order valence-electron chi connectivity index (χ1n) is 8.99. The van der Waals surface area contributed by atoms with Crippen LogP contribution in [0.25, 0.3) is 0 Å². The molecule has 1 heterocycles. The van der Waals surface area contributed by atoms with Crippen LogP contribution < -0.4 is 10.1 Å². The number of aromatic nitrogens is 2. The largest absolute Gasteiger partial charge is 0.495 e. The van der Waals surface area contributed by atoms with E-state index in [1.807, 2.05) is 31.2 Å². The Morgan fingerprint density at radius 2 is 1.83 bits per heavy atom. The molecule has 0 saturated heterocycles. The van der Waals surface area contributed by atoms with Crippen molar-refractivity contribution in [1.29, 1.82) is 0 Å². The van der Waals surface area contributed by atoms with Crippen molar-refractivity contribution in [1.82, 2.24) is 10.1 Å². The van der Waals surface area contributed by atoms with Gasteiger partial charge in [0.15, 0.2) is 12.4 Å². The van der Waals surface area contributed by atoms with Gasteiger partial charge in [-0.2, -0.15) is 4.98 Å². The Morgan fingerprint density at radius 3 is 2.62 bits per heavy atom. The van der Waals surface area contributed by atoms with Crippen LogP contribution >= 0.6 is 0 Å². The summed E-state index contributed by atoms with van der Waals surface area (Å²) in [5, 5.41) is 6.48. The lowest BCUT2D eigenvalue weighted by atomic mass is 10.1. The van der Waals surface area contributed by atoms with Gasteiger partial charge in [0.25, 0.3) is 5.89 Å². The molecular weight excluding hydrogens is 374 g/mol. The molecule has 8 heteroatoms. The fourth-order valence-corrected chi connectivity index (χ4v) is 2.66. The van der Waals surface area contributed by atoms with E-state index in [9.17, 15) is 9.59 Å². The van der Waals surface area contributed by atoms with Crippen molar-refractivity contribution in [3.05, 3.63) is 71.4 Å². The Bertz CT molecular complexity index is 999. The molecule has 1 aromatic heterocycles. The van der Waals surface area contributed by atoms with Gasteiger partial charge in [0.2, 0.25) is 5.91 Å². The number of carbonyl (C=O) groups excluding carboxylic acids is 2. The lowest BCUT2D eigenvalue weighted by Crippen LogP contribution is -2.15. The maximum atomic E-state index is 12.2. The smallest absolute Gasteiger partial charge is 0.310 e. The summed E-state index contributed by atoms with van der Waals surface area (Å²) in [6.07, 6.45) is 0.0771. The molecule has 1 amide bonds. The van der Waals surface area contributed by atoms with Crippen molar-refractivity contribution in [3.63, 3.8) is 0 Å². The molecule has 29 heavy (non-hydrogen) atoms. The van der Waals surface area contributed by atoms with Gasteiger partial charge in [0, 0.05) is 0 Å². The summed E-state index contributed by atoms with van der Waals surface area (Å²) in [6.45, 7) is 1.79. The summed E-state index contributed by atoms with van der Waals surface area (Å²) in [6, 6.07) is 14.7. The molecule has 0 aliphatic carbocycles. The molecule has 0 aliphatic rings. The molecule has 0 fully saturated rings. The zero-order chi connectivity index (χ0) is 20.6. The number of nitrogens with zero attached hydrogens (tertiary/aromatic N) is 2. The highest BCUT2D eigenvalue weighted by Crippen LogP contribution is 2.23. The molecule has 0 bridgehead atoms. The maximum Gasteiger partial charge on any atom is 0.310 e. The fourth-order valence-electron chi connectivity index (χ4n) is 2.66. The average Bonchev–Trinajstić information content (AvgIpc) is 3.16. The Morgan fingerprint density at radius 1 is 1.07 bits per heavy atom. The second-order valence-corrected chi connectivity index (χ2v) is 6.29. The van der Waals surface area contributed by atoms with Crippen LogP contribution in [-0.4, -0.2) is 29.1 Å². The van der Waals surface area contributed by atoms with E-state index in [0.29, 0.717) is 11.4 Å². The topological polar surface area (TPSA) is 104 Å². The van der Waals surface area contributed by atoms with E-state index in [4.69, 9.17) is 14.0 Å². The number of ether oxygens (including phenoxy) is 2. The summed E-state index contributed by atoms with van der Waals surface area (Å²) in [5.74, 6) is 0.159. The second kappa shape index (κ2) is 9.50. The van der Waals surface area contributed by atoms with Crippen molar-refractivity contribution >= 4 is 17.6 Å². The predicted molar refractivity (Wildman–Crippen MR) is 104 cm³/mol. The minimum atomic E-state index is -0.395. The highest BCUT2D eigenvalue weighted by atomic mass is 16.6. The van der Waals surface area contributed by atoms with E-state index in [1.165, 1.54) is 7.11 Å². The summed E-state index contributed by atoms with van der Waals surface area (Å²) in [7, 11) is 1.52. The number of amides is 1. The van der Waals surface area contributed by atoms with Crippen LogP contribution in [-0.2, 0) is 33.8 Å². The van der Waals surface area contributed by atoms with Crippen molar-refractivity contribution < 1.29 is 23.6 Å². The monoisotopic (exact) mass is 395 g/mol. The number of rotatable bonds is 8. The van der Waals surface area contributed by atoms with Gasteiger partial charge < -0.3 is 19.3 Å². The minimum Gasteiger partial charge on any atom is -0.495 e. The minimum absolute atomic E-state index is 0.0846. The third-order valence-electron chi connectivity index (χ3n) is 4.16. The van der Waals surface area contributed by atoms with E-state index in [-0.39, 0.29) is 37.1 Å². The molecule has 3 aromatic rings. The number of carbonyl (C=O) groups is 2. The third kappa shape index (κ3) is 5.65. The Balaban J connectivity index is 1.49. The molecular formula is C21H21N3O5. The zero-order valence-corrected chi connectivity index (χ0v) is 16.2. The van der Waals surface area contributed by atoms with Crippen LogP contribution in [0.5, 0.6) is 5.75 Å². The lowest BCUT2D eigenvalue weighted by Gasteiger charge is -2.08. The summed E-state index contributed by atoms with van der Waals surface area (Å²) < 4.78 is 15.4. The van der Waals surface area contributed by atoms with Crippen LogP contribution in [0, 0.1) is 6.92 Å². The van der Waals surface area contributed by atoms with Crippen molar-refractivity contribution in [2.75, 3.05) is 12.4 Å². The molecule has 0 atom stereocenters. The summed E-state index contributed by atoms with van der Waals surface area (Å²) >= 11 is 0. The van der Waals surface area contributed by atoms with Gasteiger partial charge >= 0.3 is 5.97 Å². The summed E-state index contributed by atoms with van der Waals surface area (Å²) in [4.78, 5) is 28.3. The average molecular weight is 395 g/mol. The Kier molecular flexibility index (Phi) is 6.57. The fraction of sp³-hybridized carbons (Fsp3) is 0.238. The van der Waals surface area contributed by atoms with E-state index in [0.717, 1.165) is 11.1 Å². The van der Waals surface area contributed by atoms with Crippen LogP contribution in [0.15, 0.2) is 53.1 Å². The number of anilines is 1. The van der Waals surface area contributed by atoms with Crippen molar-refractivity contribution in [3.8, 4) is 5.75 Å². The Hall–Kier alpha value is -3.68. The number of benzene rings is 2. The lowest BCUT2D eigenvalue weighted by molar-refractivity contribution is -0.144. The SMILES string of the molecule is COc1ccccc1NC(=O)Cc1noc(COC(=O)Cc2ccccc2C)n1. The molecule has 0 radical (unpaired) electrons. The Labute approximate surface area is 167 Å². The number of aryl methyl sites for hydroxylation is 1. The van der Waals surface area contributed by atoms with Gasteiger partial charge in [0.1, 0.15) is 5.75 Å². The molecule has 0 unspecified atom stereocenters. The van der Waals surface area contributed by atoms with Crippen LogP contribution in [0.2, 0.25) is 0 Å². The van der Waals surface area contributed by atoms with Gasteiger partial charge in [-0.15, -0.1) is 0 Å². The number of esters is 1. The van der Waals surface area contributed by atoms with E-state index in [1.54, 1.807) is 24.3 Å². The molecule has 0 spiro atoms. The number of hydrogen-bond donors (Lipinski definition) is 1. The number of methoxy groups -OCH3 is 1. The highest BCUT2D eigenvalue weighted by Gasteiger charge is 2.14. The van der Waals surface area contributed by atoms with Gasteiger partial charge in [-0.05, 0) is 30.2 Å². The molecule has 150 valence electrons. The quantitative estimate of drug-likeness (QED) is 0.585. The van der Waals surface area contributed by atoms with Gasteiger partial charge in [-0.1, -0.05) is 41.6 Å². The van der Waals surface area contributed by atoms with E-state index in [2.05, 4.69) is 15.5 Å². The van der Waals surface area contributed by atoms with Crippen molar-refractivity contribution in [2.24, 2.45) is 0 Å². The second-order valence-electron chi connectivity index (χ2n) is 6.29. The van der Waals surface area contributed by atoms with Crippen LogP contribution in [0.4, 0.5) is 5.69 Å². The molecule has 3 rings (SSSR count). The van der Waals surface area contributed by atoms with Gasteiger partial charge in [-0.3, -0.25) is 9.59 Å². The zero-order valence-electron chi connectivity index (χ0n) is 16.2. The van der Waals surface area contributed by atoms with Crippen LogP contribution in [0.3, 0.4) is 0 Å². The first kappa shape index (κ1) is 20.1. The van der Waals surface area contributed by atoms with Crippen LogP contribution in [0.1, 0.15) is 22.8 Å². The predicted octanol–water partition coefficient (Wildman–Crippen LogP) is 2.85. The van der Waals surface area contributed by atoms with E-state index < -0.39 is 5.97 Å². The number of hydrogen-bond acceptors (Lipinski definition) is 7.